The van der Waals surface area contributed by atoms with Gasteiger partial charge in [0.15, 0.2) is 5.78 Å². The van der Waals surface area contributed by atoms with Crippen LogP contribution in [0.5, 0.6) is 5.75 Å². The summed E-state index contributed by atoms with van der Waals surface area (Å²) in [5, 5.41) is 11.3. The van der Waals surface area contributed by atoms with Crippen molar-refractivity contribution in [2.24, 2.45) is 0 Å². The Hall–Kier alpha value is -2.55. The van der Waals surface area contributed by atoms with E-state index in [4.69, 9.17) is 27.9 Å². The van der Waals surface area contributed by atoms with E-state index in [-0.39, 0.29) is 40.8 Å². The molecule has 34 heavy (non-hydrogen) atoms. The van der Waals surface area contributed by atoms with Gasteiger partial charge in [0.05, 0.1) is 21.4 Å². The van der Waals surface area contributed by atoms with Gasteiger partial charge in [0.25, 0.3) is 0 Å². The highest BCUT2D eigenvalue weighted by molar-refractivity contribution is 7.17. The van der Waals surface area contributed by atoms with Gasteiger partial charge >= 0.3 is 6.18 Å². The molecule has 3 rings (SSSR count). The maximum absolute atomic E-state index is 12.7. The Labute approximate surface area is 207 Å². The summed E-state index contributed by atoms with van der Waals surface area (Å²) in [5.74, 6) is -1.41. The maximum atomic E-state index is 12.7. The van der Waals surface area contributed by atoms with Crippen LogP contribution in [0.15, 0.2) is 48.5 Å². The highest BCUT2D eigenvalue weighted by Gasteiger charge is 2.30. The SMILES string of the molecule is CCC(Oc1ccc(CCC(=O)c2ccc(-c3ccc(C(F)(F)F)cc3)s2)c(Cl)c1Cl)C(=O)[O-]. The average Bonchev–Trinajstić information content (AvgIpc) is 3.29. The molecule has 4 nitrogen and oxygen atoms in total. The quantitative estimate of drug-likeness (QED) is 0.298. The molecular formula is C24H18Cl2F3O4S-. The van der Waals surface area contributed by atoms with Crippen molar-refractivity contribution in [3.8, 4) is 16.2 Å². The average molecular weight is 530 g/mol. The van der Waals surface area contributed by atoms with E-state index >= 15 is 0 Å². The number of carbonyl (C=O) groups is 2. The zero-order valence-corrected chi connectivity index (χ0v) is 20.1. The van der Waals surface area contributed by atoms with Crippen molar-refractivity contribution in [2.75, 3.05) is 0 Å². The number of thiophene rings is 1. The summed E-state index contributed by atoms with van der Waals surface area (Å²) in [4.78, 5) is 24.9. The van der Waals surface area contributed by atoms with E-state index in [2.05, 4.69) is 0 Å². The van der Waals surface area contributed by atoms with Crippen molar-refractivity contribution in [1.29, 1.82) is 0 Å². The number of Topliss-reactive ketones (excluding diaryl/α,β-unsaturated/α-hetero) is 1. The van der Waals surface area contributed by atoms with Crippen LogP contribution in [0.4, 0.5) is 13.2 Å². The second kappa shape index (κ2) is 10.8. The van der Waals surface area contributed by atoms with Crippen LogP contribution >= 0.6 is 34.5 Å². The second-order valence-corrected chi connectivity index (χ2v) is 9.19. The van der Waals surface area contributed by atoms with Gasteiger partial charge in [0.1, 0.15) is 16.9 Å². The Morgan fingerprint density at radius 3 is 2.29 bits per heavy atom. The first-order chi connectivity index (χ1) is 16.0. The molecule has 0 aliphatic rings. The Morgan fingerprint density at radius 2 is 1.71 bits per heavy atom. The highest BCUT2D eigenvalue weighted by Crippen LogP contribution is 2.37. The molecule has 10 heteroatoms. The number of rotatable bonds is 9. The van der Waals surface area contributed by atoms with Crippen molar-refractivity contribution in [3.05, 3.63) is 74.6 Å². The van der Waals surface area contributed by atoms with E-state index in [0.29, 0.717) is 20.9 Å². The van der Waals surface area contributed by atoms with Gasteiger partial charge < -0.3 is 14.6 Å². The number of benzene rings is 2. The van der Waals surface area contributed by atoms with Crippen LogP contribution in [0.1, 0.15) is 40.6 Å². The van der Waals surface area contributed by atoms with Crippen LogP contribution in [0.25, 0.3) is 10.4 Å². The summed E-state index contributed by atoms with van der Waals surface area (Å²) in [6.07, 6.45) is -4.99. The van der Waals surface area contributed by atoms with Crippen molar-refractivity contribution in [1.82, 2.24) is 0 Å². The molecule has 0 saturated carbocycles. The monoisotopic (exact) mass is 529 g/mol. The maximum Gasteiger partial charge on any atom is 0.416 e. The molecule has 0 fully saturated rings. The predicted octanol–water partition coefficient (Wildman–Crippen LogP) is 6.46. The van der Waals surface area contributed by atoms with Gasteiger partial charge in [-0.2, -0.15) is 13.2 Å². The fourth-order valence-electron chi connectivity index (χ4n) is 3.14. The summed E-state index contributed by atoms with van der Waals surface area (Å²) in [6.45, 7) is 1.63. The lowest BCUT2D eigenvalue weighted by atomic mass is 10.1. The van der Waals surface area contributed by atoms with Crippen LogP contribution in [0.3, 0.4) is 0 Å². The molecule has 1 aromatic heterocycles. The molecule has 180 valence electrons. The van der Waals surface area contributed by atoms with Gasteiger partial charge in [-0.05, 0) is 54.3 Å². The number of ether oxygens (including phenoxy) is 1. The number of hydrogen-bond donors (Lipinski definition) is 0. The first-order valence-corrected chi connectivity index (χ1v) is 11.7. The van der Waals surface area contributed by atoms with Crippen LogP contribution in [-0.2, 0) is 17.4 Å². The Morgan fingerprint density at radius 1 is 1.03 bits per heavy atom. The normalized spacial score (nSPS) is 12.4. The topological polar surface area (TPSA) is 66.4 Å². The molecule has 0 radical (unpaired) electrons. The third-order valence-electron chi connectivity index (χ3n) is 5.03. The number of ketones is 1. The smallest absolute Gasteiger partial charge is 0.416 e. The number of aryl methyl sites for hydroxylation is 1. The first kappa shape index (κ1) is 26.1. The number of halogens is 5. The molecule has 1 unspecified atom stereocenters. The van der Waals surface area contributed by atoms with Gasteiger partial charge in [-0.15, -0.1) is 11.3 Å². The molecule has 0 aliphatic heterocycles. The third-order valence-corrected chi connectivity index (χ3v) is 7.11. The van der Waals surface area contributed by atoms with E-state index in [1.54, 1.807) is 25.1 Å². The molecule has 0 spiro atoms. The summed E-state index contributed by atoms with van der Waals surface area (Å²) in [6, 6.07) is 11.2. The van der Waals surface area contributed by atoms with Gasteiger partial charge in [0, 0.05) is 11.3 Å². The van der Waals surface area contributed by atoms with E-state index in [1.807, 2.05) is 0 Å². The van der Waals surface area contributed by atoms with E-state index in [1.165, 1.54) is 29.5 Å². The minimum absolute atomic E-state index is 0.0482. The van der Waals surface area contributed by atoms with Crippen molar-refractivity contribution < 1.29 is 32.6 Å². The number of aliphatic carboxylic acids is 1. The van der Waals surface area contributed by atoms with Crippen LogP contribution in [-0.4, -0.2) is 17.9 Å². The Balaban J connectivity index is 1.67. The molecule has 1 atom stereocenters. The molecule has 1 heterocycles. The Bertz CT molecular complexity index is 1190. The van der Waals surface area contributed by atoms with Crippen LogP contribution in [0, 0.1) is 0 Å². The molecule has 2 aromatic carbocycles. The summed E-state index contributed by atoms with van der Waals surface area (Å²) in [5.41, 5.74) is 0.443. The molecule has 0 bridgehead atoms. The van der Waals surface area contributed by atoms with Gasteiger partial charge in [-0.3, -0.25) is 4.79 Å². The summed E-state index contributed by atoms with van der Waals surface area (Å²) >= 11 is 13.7. The molecule has 0 amide bonds. The minimum Gasteiger partial charge on any atom is -0.546 e. The van der Waals surface area contributed by atoms with Crippen molar-refractivity contribution in [3.63, 3.8) is 0 Å². The lowest BCUT2D eigenvalue weighted by Crippen LogP contribution is -2.39. The van der Waals surface area contributed by atoms with Gasteiger partial charge in [0.2, 0.25) is 0 Å². The van der Waals surface area contributed by atoms with E-state index in [0.717, 1.165) is 12.1 Å². The van der Waals surface area contributed by atoms with Crippen LogP contribution in [0.2, 0.25) is 10.0 Å². The predicted molar refractivity (Wildman–Crippen MR) is 124 cm³/mol. The minimum atomic E-state index is -4.41. The molecular weight excluding hydrogens is 512 g/mol. The lowest BCUT2D eigenvalue weighted by molar-refractivity contribution is -0.313. The standard InChI is InChI=1S/C24H19Cl2F3O4S/c1-2-17(23(31)32)33-18-10-6-14(21(25)22(18)26)5-9-16(30)20-12-11-19(34-20)13-3-7-15(8-4-13)24(27,28)29/h3-4,6-8,10-12,17H,2,5,9H2,1H3,(H,31,32)/p-1. The number of carbonyl (C=O) groups excluding carboxylic acids is 2. The Kier molecular flexibility index (Phi) is 8.28. The van der Waals surface area contributed by atoms with E-state index < -0.39 is 23.8 Å². The largest absolute Gasteiger partial charge is 0.546 e. The van der Waals surface area contributed by atoms with E-state index in [9.17, 15) is 27.9 Å². The second-order valence-electron chi connectivity index (χ2n) is 7.35. The fourth-order valence-corrected chi connectivity index (χ4v) is 4.60. The first-order valence-electron chi connectivity index (χ1n) is 10.2. The number of carboxylic acids is 1. The highest BCUT2D eigenvalue weighted by atomic mass is 35.5. The lowest BCUT2D eigenvalue weighted by Gasteiger charge is -2.20. The molecule has 0 saturated heterocycles. The summed E-state index contributed by atoms with van der Waals surface area (Å²) in [7, 11) is 0. The van der Waals surface area contributed by atoms with Gasteiger partial charge in [-0.25, -0.2) is 0 Å². The molecule has 3 aromatic rings. The zero-order valence-electron chi connectivity index (χ0n) is 17.7. The number of carboxylic acid groups (broad SMARTS) is 1. The van der Waals surface area contributed by atoms with Crippen molar-refractivity contribution in [2.45, 2.75) is 38.5 Å². The molecule has 0 N–H and O–H groups in total. The fraction of sp³-hybridized carbons (Fsp3) is 0.250. The number of alkyl halides is 3. The van der Waals surface area contributed by atoms with Crippen molar-refractivity contribution >= 4 is 46.3 Å². The molecule has 0 aliphatic carbocycles. The van der Waals surface area contributed by atoms with Crippen LogP contribution < -0.4 is 9.84 Å². The van der Waals surface area contributed by atoms with Gasteiger partial charge in [-0.1, -0.05) is 48.3 Å². The number of hydrogen-bond acceptors (Lipinski definition) is 5. The zero-order chi connectivity index (χ0) is 25.0. The summed E-state index contributed by atoms with van der Waals surface area (Å²) < 4.78 is 43.6. The third kappa shape index (κ3) is 6.11.